The molecule has 0 aliphatic carbocycles. The van der Waals surface area contributed by atoms with Gasteiger partial charge in [0.25, 0.3) is 0 Å². The van der Waals surface area contributed by atoms with Crippen molar-refractivity contribution in [3.05, 3.63) is 0 Å². The zero-order valence-corrected chi connectivity index (χ0v) is 10.4. The molecule has 1 heteroatoms. The number of rotatable bonds is 8. The Kier molecular flexibility index (Phi) is 8.26. The van der Waals surface area contributed by atoms with Crippen molar-refractivity contribution >= 4 is 0 Å². The van der Waals surface area contributed by atoms with Crippen LogP contribution < -0.4 is 0 Å². The number of aliphatic hydroxyl groups is 1. The van der Waals surface area contributed by atoms with E-state index in [1.54, 1.807) is 0 Å². The molecule has 14 heavy (non-hydrogen) atoms. The summed E-state index contributed by atoms with van der Waals surface area (Å²) in [5, 5.41) is 9.30. The van der Waals surface area contributed by atoms with Gasteiger partial charge in [0.05, 0.1) is 6.10 Å². The van der Waals surface area contributed by atoms with Crippen molar-refractivity contribution in [3.8, 4) is 0 Å². The maximum absolute atomic E-state index is 9.30. The number of hydrogen-bond acceptors (Lipinski definition) is 1. The minimum Gasteiger partial charge on any atom is -0.393 e. The largest absolute Gasteiger partial charge is 0.393 e. The molecule has 0 heterocycles. The van der Waals surface area contributed by atoms with Crippen LogP contribution >= 0.6 is 0 Å². The Labute approximate surface area is 89.9 Å². The van der Waals surface area contributed by atoms with E-state index in [2.05, 4.69) is 20.8 Å². The van der Waals surface area contributed by atoms with E-state index in [1.165, 1.54) is 38.5 Å². The normalized spacial score (nSPS) is 17.8. The lowest BCUT2D eigenvalue weighted by Gasteiger charge is -2.14. The number of hydrogen-bond donors (Lipinski definition) is 1. The molecule has 2 unspecified atom stereocenters. The maximum Gasteiger partial charge on any atom is 0.0537 e. The van der Waals surface area contributed by atoms with Crippen molar-refractivity contribution in [1.29, 1.82) is 0 Å². The Morgan fingerprint density at radius 1 is 0.929 bits per heavy atom. The highest BCUT2D eigenvalue weighted by atomic mass is 16.3. The average molecular weight is 200 g/mol. The van der Waals surface area contributed by atoms with E-state index in [1.807, 2.05) is 6.92 Å². The Bertz CT molecular complexity index is 120. The van der Waals surface area contributed by atoms with Gasteiger partial charge in [-0.1, -0.05) is 52.9 Å². The molecule has 0 aliphatic heterocycles. The minimum absolute atomic E-state index is 0.135. The first-order valence-corrected chi connectivity index (χ1v) is 6.26. The summed E-state index contributed by atoms with van der Waals surface area (Å²) < 4.78 is 0. The van der Waals surface area contributed by atoms with Crippen molar-refractivity contribution in [2.75, 3.05) is 0 Å². The zero-order chi connectivity index (χ0) is 11.0. The van der Waals surface area contributed by atoms with Crippen molar-refractivity contribution in [3.63, 3.8) is 0 Å². The van der Waals surface area contributed by atoms with E-state index in [-0.39, 0.29) is 6.10 Å². The molecular weight excluding hydrogens is 172 g/mol. The van der Waals surface area contributed by atoms with Gasteiger partial charge in [-0.3, -0.25) is 0 Å². The number of unbranched alkanes of at least 4 members (excludes halogenated alkanes) is 2. The van der Waals surface area contributed by atoms with E-state index < -0.39 is 0 Å². The second kappa shape index (κ2) is 8.28. The van der Waals surface area contributed by atoms with Gasteiger partial charge in [-0.05, 0) is 25.2 Å². The molecule has 0 bridgehead atoms. The summed E-state index contributed by atoms with van der Waals surface area (Å²) in [5.74, 6) is 1.36. The topological polar surface area (TPSA) is 20.2 Å². The first kappa shape index (κ1) is 14.0. The molecule has 1 N–H and O–H groups in total. The molecule has 86 valence electrons. The molecule has 0 spiro atoms. The molecule has 0 saturated carbocycles. The van der Waals surface area contributed by atoms with Gasteiger partial charge in [0, 0.05) is 0 Å². The first-order valence-electron chi connectivity index (χ1n) is 6.26. The fraction of sp³-hybridized carbons (Fsp3) is 1.00. The molecule has 0 amide bonds. The van der Waals surface area contributed by atoms with E-state index in [9.17, 15) is 5.11 Å². The smallest absolute Gasteiger partial charge is 0.0537 e. The predicted octanol–water partition coefficient (Wildman–Crippen LogP) is 4.00. The van der Waals surface area contributed by atoms with Gasteiger partial charge in [-0.25, -0.2) is 0 Å². The Balaban J connectivity index is 3.21. The summed E-state index contributed by atoms with van der Waals surface area (Å²) in [5.41, 5.74) is 0. The van der Waals surface area contributed by atoms with Gasteiger partial charge in [-0.15, -0.1) is 0 Å². The molecule has 0 rings (SSSR count). The maximum atomic E-state index is 9.30. The summed E-state index contributed by atoms with van der Waals surface area (Å²) in [6.45, 7) is 8.63. The van der Waals surface area contributed by atoms with Crippen LogP contribution in [-0.2, 0) is 0 Å². The van der Waals surface area contributed by atoms with Crippen molar-refractivity contribution in [1.82, 2.24) is 0 Å². The zero-order valence-electron chi connectivity index (χ0n) is 10.4. The van der Waals surface area contributed by atoms with Gasteiger partial charge in [0.2, 0.25) is 0 Å². The van der Waals surface area contributed by atoms with Gasteiger partial charge in [0.15, 0.2) is 0 Å². The summed E-state index contributed by atoms with van der Waals surface area (Å²) in [6.07, 6.45) is 7.71. The van der Waals surface area contributed by atoms with Crippen LogP contribution in [0, 0.1) is 11.8 Å². The van der Waals surface area contributed by atoms with Crippen molar-refractivity contribution in [2.24, 2.45) is 11.8 Å². The Morgan fingerprint density at radius 2 is 1.50 bits per heavy atom. The quantitative estimate of drug-likeness (QED) is 0.587. The van der Waals surface area contributed by atoms with E-state index in [0.29, 0.717) is 5.92 Å². The van der Waals surface area contributed by atoms with Crippen molar-refractivity contribution < 1.29 is 5.11 Å². The van der Waals surface area contributed by atoms with Gasteiger partial charge in [0.1, 0.15) is 0 Å². The van der Waals surface area contributed by atoms with Crippen LogP contribution in [0.15, 0.2) is 0 Å². The SMILES string of the molecule is CCC(C)CCCCCC(C)[C@H](C)O. The van der Waals surface area contributed by atoms with Crippen LogP contribution in [0.3, 0.4) is 0 Å². The average Bonchev–Trinajstić information content (AvgIpc) is 2.16. The summed E-state index contributed by atoms with van der Waals surface area (Å²) >= 11 is 0. The molecule has 0 aromatic carbocycles. The molecule has 3 atom stereocenters. The third-order valence-corrected chi connectivity index (χ3v) is 3.38. The van der Waals surface area contributed by atoms with Crippen LogP contribution in [0.5, 0.6) is 0 Å². The van der Waals surface area contributed by atoms with E-state index in [0.717, 1.165) is 5.92 Å². The van der Waals surface area contributed by atoms with Crippen LogP contribution in [-0.4, -0.2) is 11.2 Å². The Hall–Kier alpha value is -0.0400. The molecule has 0 fully saturated rings. The number of aliphatic hydroxyl groups excluding tert-OH is 1. The monoisotopic (exact) mass is 200 g/mol. The molecule has 0 aromatic heterocycles. The lowest BCUT2D eigenvalue weighted by Crippen LogP contribution is -2.12. The Morgan fingerprint density at radius 3 is 2.00 bits per heavy atom. The summed E-state index contributed by atoms with van der Waals surface area (Å²) in [7, 11) is 0. The fourth-order valence-electron chi connectivity index (χ4n) is 1.58. The molecule has 0 aromatic rings. The standard InChI is InChI=1S/C13H28O/c1-5-11(2)9-7-6-8-10-12(3)13(4)14/h11-14H,5-10H2,1-4H3/t11?,12?,13-/m0/s1. The first-order chi connectivity index (χ1) is 6.57. The minimum atomic E-state index is -0.135. The van der Waals surface area contributed by atoms with E-state index in [4.69, 9.17) is 0 Å². The highest BCUT2D eigenvalue weighted by Crippen LogP contribution is 2.16. The van der Waals surface area contributed by atoms with Crippen LogP contribution in [0.1, 0.15) is 66.2 Å². The third-order valence-electron chi connectivity index (χ3n) is 3.38. The van der Waals surface area contributed by atoms with Gasteiger partial charge in [-0.2, -0.15) is 0 Å². The highest BCUT2D eigenvalue weighted by molar-refractivity contribution is 4.59. The lowest BCUT2D eigenvalue weighted by molar-refractivity contribution is 0.128. The second-order valence-corrected chi connectivity index (χ2v) is 4.87. The molecule has 1 nitrogen and oxygen atoms in total. The van der Waals surface area contributed by atoms with Crippen LogP contribution in [0.2, 0.25) is 0 Å². The summed E-state index contributed by atoms with van der Waals surface area (Å²) in [6, 6.07) is 0. The fourth-order valence-corrected chi connectivity index (χ4v) is 1.58. The van der Waals surface area contributed by atoms with Gasteiger partial charge < -0.3 is 5.11 Å². The lowest BCUT2D eigenvalue weighted by atomic mass is 9.96. The predicted molar refractivity (Wildman–Crippen MR) is 63.4 cm³/mol. The van der Waals surface area contributed by atoms with Crippen molar-refractivity contribution in [2.45, 2.75) is 72.3 Å². The molecular formula is C13H28O. The molecule has 0 radical (unpaired) electrons. The van der Waals surface area contributed by atoms with Gasteiger partial charge >= 0.3 is 0 Å². The van der Waals surface area contributed by atoms with Crippen LogP contribution in [0.25, 0.3) is 0 Å². The highest BCUT2D eigenvalue weighted by Gasteiger charge is 2.07. The summed E-state index contributed by atoms with van der Waals surface area (Å²) in [4.78, 5) is 0. The molecule has 0 aliphatic rings. The molecule has 0 saturated heterocycles. The van der Waals surface area contributed by atoms with Crippen LogP contribution in [0.4, 0.5) is 0 Å². The third kappa shape index (κ3) is 7.37. The second-order valence-electron chi connectivity index (χ2n) is 4.87. The van der Waals surface area contributed by atoms with E-state index >= 15 is 0 Å².